The lowest BCUT2D eigenvalue weighted by molar-refractivity contribution is 0.570. The van der Waals surface area contributed by atoms with Gasteiger partial charge >= 0.3 is 0 Å². The monoisotopic (exact) mass is 311 g/mol. The first-order valence-electron chi connectivity index (χ1n) is 5.72. The van der Waals surface area contributed by atoms with Crippen LogP contribution in [0.2, 0.25) is 0 Å². The lowest BCUT2D eigenvalue weighted by Crippen LogP contribution is -2.19. The summed E-state index contributed by atoms with van der Waals surface area (Å²) in [4.78, 5) is -0.552. The van der Waals surface area contributed by atoms with E-state index in [-0.39, 0.29) is 11.3 Å². The highest BCUT2D eigenvalue weighted by atomic mass is 32.2. The minimum atomic E-state index is -4.21. The van der Waals surface area contributed by atoms with Crippen molar-refractivity contribution >= 4 is 21.5 Å². The molecule has 110 valence electrons. The number of nitrogen functional groups attached to an aromatic ring is 1. The van der Waals surface area contributed by atoms with E-state index in [0.717, 1.165) is 30.3 Å². The van der Waals surface area contributed by atoms with Gasteiger partial charge in [-0.05, 0) is 30.3 Å². The fraction of sp³-hybridized carbons (Fsp3) is 0. The summed E-state index contributed by atoms with van der Waals surface area (Å²) in [5.41, 5.74) is 5.04. The van der Waals surface area contributed by atoms with Gasteiger partial charge in [-0.15, -0.1) is 0 Å². The third kappa shape index (κ3) is 3.16. The molecular weight excluding hydrogens is 300 g/mol. The number of anilines is 1. The second-order valence-corrected chi connectivity index (χ2v) is 5.79. The maximum atomic E-state index is 13.6. The Balaban J connectivity index is 2.47. The fourth-order valence-corrected chi connectivity index (χ4v) is 2.85. The van der Waals surface area contributed by atoms with Crippen LogP contribution in [0.4, 0.5) is 14.5 Å². The minimum absolute atomic E-state index is 0.104. The van der Waals surface area contributed by atoms with Crippen molar-refractivity contribution in [2.24, 2.45) is 5.73 Å². The van der Waals surface area contributed by atoms with Crippen LogP contribution in [0.5, 0.6) is 0 Å². The number of nitrogens with two attached hydrogens (primary N) is 1. The van der Waals surface area contributed by atoms with Gasteiger partial charge in [-0.2, -0.15) is 0 Å². The van der Waals surface area contributed by atoms with Crippen molar-refractivity contribution in [1.82, 2.24) is 0 Å². The lowest BCUT2D eigenvalue weighted by atomic mass is 10.1. The van der Waals surface area contributed by atoms with Crippen molar-refractivity contribution in [2.45, 2.75) is 4.90 Å². The maximum absolute atomic E-state index is 13.6. The van der Waals surface area contributed by atoms with Crippen LogP contribution >= 0.6 is 0 Å². The number of amidine groups is 1. The minimum Gasteiger partial charge on any atom is -0.384 e. The van der Waals surface area contributed by atoms with Crippen LogP contribution in [0, 0.1) is 17.0 Å². The van der Waals surface area contributed by atoms with Crippen LogP contribution in [-0.4, -0.2) is 14.3 Å². The molecule has 2 aromatic rings. The highest BCUT2D eigenvalue weighted by Gasteiger charge is 2.20. The largest absolute Gasteiger partial charge is 0.384 e. The van der Waals surface area contributed by atoms with E-state index in [1.54, 1.807) is 0 Å². The molecule has 0 amide bonds. The second kappa shape index (κ2) is 5.49. The van der Waals surface area contributed by atoms with Gasteiger partial charge < -0.3 is 5.73 Å². The Morgan fingerprint density at radius 3 is 2.43 bits per heavy atom. The molecule has 2 rings (SSSR count). The second-order valence-electron chi connectivity index (χ2n) is 4.14. The molecule has 2 aromatic carbocycles. The average Bonchev–Trinajstić information content (AvgIpc) is 2.40. The van der Waals surface area contributed by atoms with E-state index in [2.05, 4.69) is 4.72 Å². The molecule has 0 atom stereocenters. The molecule has 0 saturated heterocycles. The van der Waals surface area contributed by atoms with E-state index in [1.165, 1.54) is 12.1 Å². The van der Waals surface area contributed by atoms with Gasteiger partial charge in [0, 0.05) is 5.56 Å². The first-order chi connectivity index (χ1) is 9.81. The van der Waals surface area contributed by atoms with Gasteiger partial charge in [0.25, 0.3) is 10.0 Å². The Hall–Kier alpha value is -2.48. The smallest absolute Gasteiger partial charge is 0.264 e. The Labute approximate surface area is 120 Å². The summed E-state index contributed by atoms with van der Waals surface area (Å²) in [6, 6.07) is 7.86. The summed E-state index contributed by atoms with van der Waals surface area (Å²) in [5.74, 6) is -2.11. The van der Waals surface area contributed by atoms with Crippen LogP contribution in [0.15, 0.2) is 47.4 Å². The molecule has 0 aliphatic heterocycles. The van der Waals surface area contributed by atoms with Crippen LogP contribution in [-0.2, 0) is 10.0 Å². The first kappa shape index (κ1) is 14.9. The molecule has 0 radical (unpaired) electrons. The lowest BCUT2D eigenvalue weighted by Gasteiger charge is -2.12. The zero-order chi connectivity index (χ0) is 15.6. The van der Waals surface area contributed by atoms with Crippen molar-refractivity contribution in [3.8, 4) is 0 Å². The molecule has 0 unspecified atom stereocenters. The van der Waals surface area contributed by atoms with Gasteiger partial charge in [-0.3, -0.25) is 10.1 Å². The molecule has 0 aromatic heterocycles. The van der Waals surface area contributed by atoms with Crippen LogP contribution in [0.25, 0.3) is 0 Å². The summed E-state index contributed by atoms with van der Waals surface area (Å²) in [5, 5.41) is 7.33. The molecule has 0 fully saturated rings. The molecule has 0 saturated carbocycles. The van der Waals surface area contributed by atoms with Crippen molar-refractivity contribution in [3.63, 3.8) is 0 Å². The number of rotatable bonds is 4. The van der Waals surface area contributed by atoms with Gasteiger partial charge in [0.05, 0.1) is 5.69 Å². The van der Waals surface area contributed by atoms with Crippen molar-refractivity contribution in [1.29, 1.82) is 5.41 Å². The normalized spacial score (nSPS) is 11.1. The molecule has 0 aliphatic rings. The molecule has 0 heterocycles. The number of hydrogen-bond acceptors (Lipinski definition) is 3. The molecule has 8 heteroatoms. The SMILES string of the molecule is N=C(N)c1cc(F)ccc1NS(=O)(=O)c1ccccc1F. The van der Waals surface area contributed by atoms with Crippen LogP contribution in [0.1, 0.15) is 5.56 Å². The van der Waals surface area contributed by atoms with E-state index in [9.17, 15) is 17.2 Å². The van der Waals surface area contributed by atoms with Gasteiger partial charge in [-0.1, -0.05) is 12.1 Å². The number of hydrogen-bond donors (Lipinski definition) is 3. The van der Waals surface area contributed by atoms with Gasteiger partial charge in [0.2, 0.25) is 0 Å². The summed E-state index contributed by atoms with van der Waals surface area (Å²) in [6.45, 7) is 0. The summed E-state index contributed by atoms with van der Waals surface area (Å²) < 4.78 is 53.1. The van der Waals surface area contributed by atoms with E-state index < -0.39 is 32.4 Å². The molecule has 0 bridgehead atoms. The highest BCUT2D eigenvalue weighted by Crippen LogP contribution is 2.22. The van der Waals surface area contributed by atoms with Crippen LogP contribution in [0.3, 0.4) is 0 Å². The Kier molecular flexibility index (Phi) is 3.90. The maximum Gasteiger partial charge on any atom is 0.264 e. The summed E-state index contributed by atoms with van der Waals surface area (Å²) in [7, 11) is -4.21. The highest BCUT2D eigenvalue weighted by molar-refractivity contribution is 7.92. The van der Waals surface area contributed by atoms with E-state index in [0.29, 0.717) is 0 Å². The first-order valence-corrected chi connectivity index (χ1v) is 7.21. The van der Waals surface area contributed by atoms with E-state index >= 15 is 0 Å². The van der Waals surface area contributed by atoms with Crippen LogP contribution < -0.4 is 10.5 Å². The molecule has 4 N–H and O–H groups in total. The van der Waals surface area contributed by atoms with Gasteiger partial charge in [-0.25, -0.2) is 17.2 Å². The predicted molar refractivity (Wildman–Crippen MR) is 74.6 cm³/mol. The number of sulfonamides is 1. The molecular formula is C13H11F2N3O2S. The van der Waals surface area contributed by atoms with E-state index in [1.807, 2.05) is 0 Å². The molecule has 21 heavy (non-hydrogen) atoms. The molecule has 5 nitrogen and oxygen atoms in total. The third-order valence-electron chi connectivity index (χ3n) is 2.64. The summed E-state index contributed by atoms with van der Waals surface area (Å²) >= 11 is 0. The summed E-state index contributed by atoms with van der Waals surface area (Å²) in [6.07, 6.45) is 0. The number of halogens is 2. The van der Waals surface area contributed by atoms with Gasteiger partial charge in [0.15, 0.2) is 0 Å². The topological polar surface area (TPSA) is 96.0 Å². The Bertz CT molecular complexity index is 807. The zero-order valence-corrected chi connectivity index (χ0v) is 11.4. The van der Waals surface area contributed by atoms with Gasteiger partial charge in [0.1, 0.15) is 22.4 Å². The quantitative estimate of drug-likeness (QED) is 0.595. The molecule has 0 spiro atoms. The Morgan fingerprint density at radius 1 is 1.14 bits per heavy atom. The average molecular weight is 311 g/mol. The van der Waals surface area contributed by atoms with Crippen molar-refractivity contribution in [3.05, 3.63) is 59.7 Å². The number of benzene rings is 2. The Morgan fingerprint density at radius 2 is 1.81 bits per heavy atom. The number of nitrogens with one attached hydrogen (secondary N) is 2. The zero-order valence-electron chi connectivity index (χ0n) is 10.6. The predicted octanol–water partition coefficient (Wildman–Crippen LogP) is 2.05. The third-order valence-corrected chi connectivity index (χ3v) is 4.04. The fourth-order valence-electron chi connectivity index (χ4n) is 1.69. The standard InChI is InChI=1S/C13H11F2N3O2S/c14-8-5-6-11(9(7-8)13(16)17)18-21(19,20)12-4-2-1-3-10(12)15/h1-7,18H,(H3,16,17). The molecule has 0 aliphatic carbocycles. The van der Waals surface area contributed by atoms with Crippen molar-refractivity contribution in [2.75, 3.05) is 4.72 Å². The van der Waals surface area contributed by atoms with Crippen molar-refractivity contribution < 1.29 is 17.2 Å². The van der Waals surface area contributed by atoms with E-state index in [4.69, 9.17) is 11.1 Å².